The summed E-state index contributed by atoms with van der Waals surface area (Å²) in [7, 11) is 0. The molecule has 3 fully saturated rings. The molecule has 9 heteroatoms. The second-order valence-corrected chi connectivity index (χ2v) is 12.3. The Kier molecular flexibility index (Phi) is 6.64. The Bertz CT molecular complexity index is 1080. The van der Waals surface area contributed by atoms with Gasteiger partial charge < -0.3 is 30.1 Å². The van der Waals surface area contributed by atoms with Gasteiger partial charge >= 0.3 is 6.09 Å². The molecular weight excluding hydrogens is 476 g/mol. The number of pyridine rings is 1. The van der Waals surface area contributed by atoms with Crippen molar-refractivity contribution in [3.63, 3.8) is 0 Å². The summed E-state index contributed by atoms with van der Waals surface area (Å²) >= 11 is 0. The molecule has 0 spiro atoms. The zero-order valence-electron chi connectivity index (χ0n) is 22.5. The number of rotatable bonds is 4. The summed E-state index contributed by atoms with van der Waals surface area (Å²) in [5.74, 6) is -1.33. The Balaban J connectivity index is 1.80. The molecule has 2 heterocycles. The number of ether oxygens (including phenoxy) is 2. The number of carbonyl (C=O) groups excluding carboxylic acids is 2. The Hall–Kier alpha value is -2.33. The highest BCUT2D eigenvalue weighted by Crippen LogP contribution is 2.67. The van der Waals surface area contributed by atoms with E-state index in [1.165, 1.54) is 13.0 Å². The van der Waals surface area contributed by atoms with E-state index in [1.54, 1.807) is 45.2 Å². The highest BCUT2D eigenvalue weighted by atomic mass is 16.6. The van der Waals surface area contributed by atoms with Gasteiger partial charge in [-0.15, -0.1) is 6.58 Å². The molecule has 0 radical (unpaired) electrons. The Morgan fingerprint density at radius 3 is 2.54 bits per heavy atom. The zero-order valence-corrected chi connectivity index (χ0v) is 22.5. The third-order valence-corrected chi connectivity index (χ3v) is 9.43. The molecule has 1 unspecified atom stereocenters. The number of nitrogens with zero attached hydrogens (tertiary/aromatic N) is 1. The normalized spacial score (nSPS) is 43.6. The topological polar surface area (TPSA) is 138 Å². The predicted octanol–water partition coefficient (Wildman–Crippen LogP) is 2.84. The molecule has 3 aliphatic rings. The second kappa shape index (κ2) is 8.86. The summed E-state index contributed by atoms with van der Waals surface area (Å²) in [6, 6.07) is 4.81. The minimum atomic E-state index is -2.26. The lowest BCUT2D eigenvalue weighted by Crippen LogP contribution is -2.86. The summed E-state index contributed by atoms with van der Waals surface area (Å²) in [4.78, 5) is 31.3. The van der Waals surface area contributed by atoms with Crippen molar-refractivity contribution in [3.8, 4) is 0 Å². The number of aliphatic hydroxyl groups is 3. The van der Waals surface area contributed by atoms with E-state index in [9.17, 15) is 24.9 Å². The van der Waals surface area contributed by atoms with E-state index >= 15 is 0 Å². The average Bonchev–Trinajstić information content (AvgIpc) is 2.83. The molecule has 2 saturated carbocycles. The summed E-state index contributed by atoms with van der Waals surface area (Å²) in [6.07, 6.45) is -0.940. The van der Waals surface area contributed by atoms with Gasteiger partial charge in [0.2, 0.25) is 0 Å². The number of hydrogen-bond acceptors (Lipinski definition) is 8. The van der Waals surface area contributed by atoms with Crippen LogP contribution in [0, 0.1) is 16.7 Å². The summed E-state index contributed by atoms with van der Waals surface area (Å²) in [5.41, 5.74) is -6.80. The molecule has 1 aliphatic heterocycles. The molecule has 9 atom stereocenters. The largest absolute Gasteiger partial charge is 0.440 e. The molecule has 4 rings (SSSR count). The lowest BCUT2D eigenvalue weighted by molar-refractivity contribution is -0.369. The molecule has 204 valence electrons. The summed E-state index contributed by atoms with van der Waals surface area (Å²) < 4.78 is 12.3. The van der Waals surface area contributed by atoms with Crippen LogP contribution in [-0.2, 0) is 14.3 Å². The van der Waals surface area contributed by atoms with Gasteiger partial charge in [0.25, 0.3) is 0 Å². The quantitative estimate of drug-likeness (QED) is 0.448. The first-order chi connectivity index (χ1) is 17.1. The van der Waals surface area contributed by atoms with Crippen molar-refractivity contribution in [1.29, 1.82) is 0 Å². The third kappa shape index (κ3) is 3.85. The van der Waals surface area contributed by atoms with Crippen molar-refractivity contribution < 1.29 is 34.4 Å². The molecule has 0 bridgehead atoms. The summed E-state index contributed by atoms with van der Waals surface area (Å²) in [5, 5.41) is 38.4. The SMILES string of the molecule is C=C[C@@]1(C)CC(=O)[C@]2(O)[C@@]3(C)[C@@H](O)CCC(C)(C)[C@@H]3[C@H](O)[C@H](OC(=O)NC(C)c3ccccn3)[C@@]2(C)O1. The molecule has 0 aromatic carbocycles. The standard InChI is InChI=1S/C28H40N2O7/c1-8-25(5)15-19(32)28(35)26(6)18(31)12-13-24(3,4)21(26)20(33)22(27(28,7)37-25)36-23(34)30-16(2)17-11-9-10-14-29-17/h8-11,14,16,18,20-22,31,33,35H,1,12-13,15H2,2-7H3,(H,30,34)/t16?,18-,20-,21-,22-,25-,26-,27+,28-/m0/s1. The first kappa shape index (κ1) is 27.7. The van der Waals surface area contributed by atoms with Gasteiger partial charge in [0.05, 0.1) is 29.5 Å². The van der Waals surface area contributed by atoms with Gasteiger partial charge in [-0.3, -0.25) is 9.78 Å². The maximum atomic E-state index is 13.9. The van der Waals surface area contributed by atoms with Crippen molar-refractivity contribution in [2.75, 3.05) is 0 Å². The predicted molar refractivity (Wildman–Crippen MR) is 135 cm³/mol. The molecule has 1 aromatic heterocycles. The fourth-order valence-electron chi connectivity index (χ4n) is 7.51. The molecule has 37 heavy (non-hydrogen) atoms. The molecule has 2 aliphatic carbocycles. The molecule has 1 aromatic rings. The number of hydrogen-bond donors (Lipinski definition) is 4. The van der Waals surface area contributed by atoms with Crippen LogP contribution in [0.5, 0.6) is 0 Å². The van der Waals surface area contributed by atoms with E-state index in [4.69, 9.17) is 9.47 Å². The van der Waals surface area contributed by atoms with Gasteiger partial charge in [0.15, 0.2) is 17.5 Å². The van der Waals surface area contributed by atoms with Crippen molar-refractivity contribution in [3.05, 3.63) is 42.7 Å². The third-order valence-electron chi connectivity index (χ3n) is 9.43. The molecule has 9 nitrogen and oxygen atoms in total. The number of aromatic nitrogens is 1. The minimum absolute atomic E-state index is 0.177. The average molecular weight is 517 g/mol. The Labute approximate surface area is 218 Å². The van der Waals surface area contributed by atoms with Crippen LogP contribution in [0.2, 0.25) is 0 Å². The molecule has 4 N–H and O–H groups in total. The monoisotopic (exact) mass is 516 g/mol. The van der Waals surface area contributed by atoms with E-state index in [0.717, 1.165) is 0 Å². The van der Waals surface area contributed by atoms with Crippen LogP contribution in [0.25, 0.3) is 0 Å². The smallest absolute Gasteiger partial charge is 0.408 e. The van der Waals surface area contributed by atoms with Crippen LogP contribution in [0.15, 0.2) is 37.1 Å². The zero-order chi connectivity index (χ0) is 27.6. The van der Waals surface area contributed by atoms with Crippen LogP contribution < -0.4 is 5.32 Å². The van der Waals surface area contributed by atoms with Crippen LogP contribution in [0.1, 0.15) is 72.5 Å². The van der Waals surface area contributed by atoms with Gasteiger partial charge in [-0.25, -0.2) is 4.79 Å². The van der Waals surface area contributed by atoms with Crippen LogP contribution in [0.4, 0.5) is 4.79 Å². The van der Waals surface area contributed by atoms with Crippen LogP contribution >= 0.6 is 0 Å². The van der Waals surface area contributed by atoms with E-state index < -0.39 is 69.8 Å². The van der Waals surface area contributed by atoms with E-state index in [-0.39, 0.29) is 6.42 Å². The number of amides is 1. The number of ketones is 1. The highest BCUT2D eigenvalue weighted by Gasteiger charge is 2.81. The number of alkyl carbamates (subject to hydrolysis) is 1. The first-order valence-electron chi connectivity index (χ1n) is 12.9. The number of carbonyl (C=O) groups is 2. The van der Waals surface area contributed by atoms with E-state index in [2.05, 4.69) is 16.9 Å². The maximum absolute atomic E-state index is 13.9. The maximum Gasteiger partial charge on any atom is 0.408 e. The molecule has 1 amide bonds. The van der Waals surface area contributed by atoms with Gasteiger partial charge in [-0.1, -0.05) is 32.9 Å². The number of Topliss-reactive ketones (excluding diaryl/α,β-unsaturated/α-hetero) is 1. The van der Waals surface area contributed by atoms with Crippen molar-refractivity contribution in [1.82, 2.24) is 10.3 Å². The minimum Gasteiger partial charge on any atom is -0.440 e. The summed E-state index contributed by atoms with van der Waals surface area (Å²) in [6.45, 7) is 14.2. The van der Waals surface area contributed by atoms with Gasteiger partial charge in [0, 0.05) is 24.0 Å². The first-order valence-corrected chi connectivity index (χ1v) is 12.9. The van der Waals surface area contributed by atoms with Crippen molar-refractivity contribution in [2.24, 2.45) is 16.7 Å². The number of fused-ring (bicyclic) bond motifs is 3. The fraction of sp³-hybridized carbons (Fsp3) is 0.679. The van der Waals surface area contributed by atoms with Crippen LogP contribution in [-0.4, -0.2) is 67.3 Å². The second-order valence-electron chi connectivity index (χ2n) is 12.3. The van der Waals surface area contributed by atoms with E-state index in [0.29, 0.717) is 18.5 Å². The van der Waals surface area contributed by atoms with E-state index in [1.807, 2.05) is 13.8 Å². The molecular formula is C28H40N2O7. The van der Waals surface area contributed by atoms with Gasteiger partial charge in [-0.2, -0.15) is 0 Å². The van der Waals surface area contributed by atoms with Gasteiger partial charge in [0.1, 0.15) is 5.60 Å². The molecule has 1 saturated heterocycles. The van der Waals surface area contributed by atoms with Crippen molar-refractivity contribution >= 4 is 11.9 Å². The highest BCUT2D eigenvalue weighted by molar-refractivity contribution is 5.92. The number of aliphatic hydroxyl groups excluding tert-OH is 2. The van der Waals surface area contributed by atoms with Crippen LogP contribution in [0.3, 0.4) is 0 Å². The lowest BCUT2D eigenvalue weighted by Gasteiger charge is -2.71. The van der Waals surface area contributed by atoms with Crippen molar-refractivity contribution in [2.45, 2.75) is 102 Å². The number of nitrogens with one attached hydrogen (secondary N) is 1. The van der Waals surface area contributed by atoms with Gasteiger partial charge in [-0.05, 0) is 51.2 Å². The Morgan fingerprint density at radius 2 is 1.95 bits per heavy atom. The lowest BCUT2D eigenvalue weighted by atomic mass is 9.40. The Morgan fingerprint density at radius 1 is 1.27 bits per heavy atom. The fourth-order valence-corrected chi connectivity index (χ4v) is 7.51.